The third-order valence-electron chi connectivity index (χ3n) is 3.69. The van der Waals surface area contributed by atoms with Gasteiger partial charge in [-0.1, -0.05) is 47.6 Å². The molecule has 1 nitrogen and oxygen atoms in total. The molecule has 16 heavy (non-hydrogen) atoms. The molecule has 0 aromatic heterocycles. The summed E-state index contributed by atoms with van der Waals surface area (Å²) in [5.41, 5.74) is 5.87. The Balaban J connectivity index is 0.000000963. The average Bonchev–Trinajstić information content (AvgIpc) is 3.01. The molecule has 1 aromatic carbocycles. The van der Waals surface area contributed by atoms with Crippen LogP contribution in [0.2, 0.25) is 0 Å². The summed E-state index contributed by atoms with van der Waals surface area (Å²) >= 11 is 0. The van der Waals surface area contributed by atoms with Crippen LogP contribution < -0.4 is 0 Å². The van der Waals surface area contributed by atoms with Crippen molar-refractivity contribution < 1.29 is 5.48 Å². The Kier molecular flexibility index (Phi) is 2.73. The Morgan fingerprint density at radius 3 is 2.31 bits per heavy atom. The predicted octanol–water partition coefficient (Wildman–Crippen LogP) is 3.15. The minimum atomic E-state index is 0. The van der Waals surface area contributed by atoms with Crippen LogP contribution in [0.1, 0.15) is 24.5 Å². The monoisotopic (exact) mass is 214 g/mol. The van der Waals surface area contributed by atoms with E-state index in [1.165, 1.54) is 17.5 Å². The van der Waals surface area contributed by atoms with Crippen molar-refractivity contribution in [3.8, 4) is 0 Å². The van der Waals surface area contributed by atoms with Gasteiger partial charge in [0.2, 0.25) is 0 Å². The first-order valence-electron chi connectivity index (χ1n) is 5.71. The standard InChI is InChI=1S/C15H16.H2O/c1-10-3-6-12(7-4-10)13-8-5-11(2)14-9-15(13)14;/h3-8,14-15H,9H2,1-2H3;1H2. The molecule has 3 rings (SSSR count). The zero-order valence-electron chi connectivity index (χ0n) is 9.83. The van der Waals surface area contributed by atoms with Gasteiger partial charge in [-0.2, -0.15) is 0 Å². The van der Waals surface area contributed by atoms with E-state index in [2.05, 4.69) is 50.3 Å². The second kappa shape index (κ2) is 3.91. The van der Waals surface area contributed by atoms with E-state index in [0.717, 1.165) is 11.8 Å². The number of fused-ring (bicyclic) bond motifs is 1. The van der Waals surface area contributed by atoms with Crippen LogP contribution in [-0.4, -0.2) is 5.48 Å². The Morgan fingerprint density at radius 1 is 0.938 bits per heavy atom. The van der Waals surface area contributed by atoms with Crippen LogP contribution in [0.25, 0.3) is 5.57 Å². The molecule has 1 heteroatoms. The number of rotatable bonds is 1. The first-order chi connectivity index (χ1) is 7.25. The van der Waals surface area contributed by atoms with E-state index in [1.54, 1.807) is 11.1 Å². The fourth-order valence-electron chi connectivity index (χ4n) is 2.57. The molecule has 1 saturated carbocycles. The van der Waals surface area contributed by atoms with Gasteiger partial charge in [0, 0.05) is 0 Å². The molecule has 0 heterocycles. The van der Waals surface area contributed by atoms with E-state index in [9.17, 15) is 0 Å². The van der Waals surface area contributed by atoms with E-state index in [0.29, 0.717) is 0 Å². The van der Waals surface area contributed by atoms with Crippen molar-refractivity contribution >= 4 is 5.57 Å². The molecule has 1 fully saturated rings. The Bertz CT molecular complexity index is 451. The van der Waals surface area contributed by atoms with Gasteiger partial charge in [0.25, 0.3) is 0 Å². The molecule has 0 radical (unpaired) electrons. The van der Waals surface area contributed by atoms with Crippen LogP contribution in [0.15, 0.2) is 42.0 Å². The summed E-state index contributed by atoms with van der Waals surface area (Å²) in [7, 11) is 0. The van der Waals surface area contributed by atoms with Crippen molar-refractivity contribution in [2.75, 3.05) is 0 Å². The molecular weight excluding hydrogens is 196 g/mol. The number of hydrogen-bond acceptors (Lipinski definition) is 0. The van der Waals surface area contributed by atoms with Crippen LogP contribution in [0, 0.1) is 18.8 Å². The second-order valence-corrected chi connectivity index (χ2v) is 4.85. The van der Waals surface area contributed by atoms with E-state index in [1.807, 2.05) is 0 Å². The van der Waals surface area contributed by atoms with Crippen molar-refractivity contribution in [2.24, 2.45) is 11.8 Å². The molecule has 2 aliphatic carbocycles. The molecule has 2 atom stereocenters. The van der Waals surface area contributed by atoms with Crippen LogP contribution in [0.3, 0.4) is 0 Å². The zero-order chi connectivity index (χ0) is 10.4. The predicted molar refractivity (Wildman–Crippen MR) is 68.1 cm³/mol. The van der Waals surface area contributed by atoms with Gasteiger partial charge in [0.1, 0.15) is 0 Å². The molecule has 0 spiro atoms. The van der Waals surface area contributed by atoms with Crippen LogP contribution in [0.4, 0.5) is 0 Å². The summed E-state index contributed by atoms with van der Waals surface area (Å²) in [5, 5.41) is 0. The Morgan fingerprint density at radius 2 is 1.62 bits per heavy atom. The van der Waals surface area contributed by atoms with Gasteiger partial charge < -0.3 is 5.48 Å². The molecule has 0 aliphatic heterocycles. The number of allylic oxidation sites excluding steroid dienone is 4. The van der Waals surface area contributed by atoms with E-state index in [4.69, 9.17) is 0 Å². The minimum absolute atomic E-state index is 0. The smallest absolute Gasteiger partial charge is 0.00843 e. The van der Waals surface area contributed by atoms with Crippen molar-refractivity contribution in [3.05, 3.63) is 53.1 Å². The van der Waals surface area contributed by atoms with Crippen molar-refractivity contribution in [2.45, 2.75) is 20.3 Å². The lowest BCUT2D eigenvalue weighted by molar-refractivity contribution is 0.824. The first kappa shape index (κ1) is 11.2. The summed E-state index contributed by atoms with van der Waals surface area (Å²) in [4.78, 5) is 0. The van der Waals surface area contributed by atoms with Gasteiger partial charge in [0.05, 0.1) is 0 Å². The fourth-order valence-corrected chi connectivity index (χ4v) is 2.57. The van der Waals surface area contributed by atoms with Gasteiger partial charge in [-0.15, -0.1) is 0 Å². The lowest BCUT2D eigenvalue weighted by Crippen LogP contribution is -1.95. The Labute approximate surface area is 96.8 Å². The maximum Gasteiger partial charge on any atom is -0.00843 e. The van der Waals surface area contributed by atoms with Crippen LogP contribution in [-0.2, 0) is 0 Å². The van der Waals surface area contributed by atoms with E-state index >= 15 is 0 Å². The highest BCUT2D eigenvalue weighted by Crippen LogP contribution is 2.54. The minimum Gasteiger partial charge on any atom is -0.412 e. The van der Waals surface area contributed by atoms with Crippen molar-refractivity contribution in [1.29, 1.82) is 0 Å². The van der Waals surface area contributed by atoms with E-state index < -0.39 is 0 Å². The van der Waals surface area contributed by atoms with Gasteiger partial charge in [-0.25, -0.2) is 0 Å². The van der Waals surface area contributed by atoms with Gasteiger partial charge in [-0.05, 0) is 43.2 Å². The fraction of sp³-hybridized carbons (Fsp3) is 0.333. The molecule has 0 bridgehead atoms. The molecule has 0 saturated heterocycles. The molecule has 2 aliphatic rings. The summed E-state index contributed by atoms with van der Waals surface area (Å²) < 4.78 is 0. The van der Waals surface area contributed by atoms with Gasteiger partial charge in [0.15, 0.2) is 0 Å². The highest BCUT2D eigenvalue weighted by Gasteiger charge is 2.42. The van der Waals surface area contributed by atoms with Gasteiger partial charge >= 0.3 is 0 Å². The Hall–Kier alpha value is -1.34. The molecule has 2 unspecified atom stereocenters. The van der Waals surface area contributed by atoms with Crippen LogP contribution >= 0.6 is 0 Å². The summed E-state index contributed by atoms with van der Waals surface area (Å²) in [6, 6.07) is 8.92. The second-order valence-electron chi connectivity index (χ2n) is 4.85. The maximum absolute atomic E-state index is 2.31. The molecular formula is C15H18O. The largest absolute Gasteiger partial charge is 0.412 e. The molecule has 2 N–H and O–H groups in total. The number of hydrogen-bond donors (Lipinski definition) is 0. The normalized spacial score (nSPS) is 26.1. The number of benzene rings is 1. The topological polar surface area (TPSA) is 31.5 Å². The highest BCUT2D eigenvalue weighted by molar-refractivity contribution is 5.73. The quantitative estimate of drug-likeness (QED) is 0.688. The lowest BCUT2D eigenvalue weighted by atomic mass is 9.93. The third kappa shape index (κ3) is 1.72. The summed E-state index contributed by atoms with van der Waals surface area (Å²) in [6.07, 6.45) is 5.97. The highest BCUT2D eigenvalue weighted by atomic mass is 16.0. The zero-order valence-corrected chi connectivity index (χ0v) is 9.83. The molecule has 84 valence electrons. The van der Waals surface area contributed by atoms with Crippen molar-refractivity contribution in [3.63, 3.8) is 0 Å². The SMILES string of the molecule is CC1=CC=C(c2ccc(C)cc2)C2CC12.O. The first-order valence-corrected chi connectivity index (χ1v) is 5.71. The number of aryl methyl sites for hydroxylation is 1. The van der Waals surface area contributed by atoms with E-state index in [-0.39, 0.29) is 5.48 Å². The summed E-state index contributed by atoms with van der Waals surface area (Å²) in [5.74, 6) is 1.67. The maximum atomic E-state index is 2.31. The van der Waals surface area contributed by atoms with Crippen molar-refractivity contribution in [1.82, 2.24) is 0 Å². The molecule has 0 amide bonds. The lowest BCUT2D eigenvalue weighted by Gasteiger charge is -2.11. The summed E-state index contributed by atoms with van der Waals surface area (Å²) in [6.45, 7) is 4.40. The molecule has 1 aromatic rings. The third-order valence-corrected chi connectivity index (χ3v) is 3.69. The van der Waals surface area contributed by atoms with Crippen LogP contribution in [0.5, 0.6) is 0 Å². The van der Waals surface area contributed by atoms with Gasteiger partial charge in [-0.3, -0.25) is 0 Å². The average molecular weight is 214 g/mol.